The fourth-order valence-electron chi connectivity index (χ4n) is 1.89. The molecule has 5 heteroatoms. The highest BCUT2D eigenvalue weighted by molar-refractivity contribution is 14.0. The SMILES string of the molecule is CCNC(=NCCCOCCc1ccccc1)NC(C)C.I. The molecule has 0 saturated carbocycles. The number of nitrogens with one attached hydrogen (secondary N) is 2. The zero-order chi connectivity index (χ0) is 15.3. The van der Waals surface area contributed by atoms with Crippen molar-refractivity contribution in [2.24, 2.45) is 4.99 Å². The second kappa shape index (κ2) is 13.8. The summed E-state index contributed by atoms with van der Waals surface area (Å²) in [5, 5.41) is 6.54. The Balaban J connectivity index is 0.00000441. The summed E-state index contributed by atoms with van der Waals surface area (Å²) >= 11 is 0. The van der Waals surface area contributed by atoms with Crippen LogP contribution in [0, 0.1) is 0 Å². The van der Waals surface area contributed by atoms with E-state index in [0.29, 0.717) is 6.04 Å². The molecule has 0 radical (unpaired) electrons. The Labute approximate surface area is 152 Å². The van der Waals surface area contributed by atoms with Gasteiger partial charge in [0.1, 0.15) is 0 Å². The van der Waals surface area contributed by atoms with E-state index in [9.17, 15) is 0 Å². The number of rotatable bonds is 9. The minimum Gasteiger partial charge on any atom is -0.381 e. The molecule has 0 atom stereocenters. The number of benzene rings is 1. The van der Waals surface area contributed by atoms with Crippen LogP contribution in [0.2, 0.25) is 0 Å². The maximum atomic E-state index is 5.65. The van der Waals surface area contributed by atoms with Gasteiger partial charge in [-0.15, -0.1) is 24.0 Å². The Hall–Kier alpha value is -0.820. The standard InChI is InChI=1S/C17H29N3O.HI/c1-4-18-17(20-15(2)3)19-12-8-13-21-14-11-16-9-6-5-7-10-16;/h5-7,9-10,15H,4,8,11-14H2,1-3H3,(H2,18,19,20);1H. The van der Waals surface area contributed by atoms with Gasteiger partial charge in [-0.2, -0.15) is 0 Å². The van der Waals surface area contributed by atoms with Crippen LogP contribution in [0.15, 0.2) is 35.3 Å². The van der Waals surface area contributed by atoms with Crippen LogP contribution in [-0.2, 0) is 11.2 Å². The molecule has 0 spiro atoms. The summed E-state index contributed by atoms with van der Waals surface area (Å²) in [7, 11) is 0. The third kappa shape index (κ3) is 10.8. The molecule has 1 aromatic rings. The van der Waals surface area contributed by atoms with Crippen LogP contribution < -0.4 is 10.6 Å². The third-order valence-electron chi connectivity index (χ3n) is 2.86. The Bertz CT molecular complexity index is 396. The van der Waals surface area contributed by atoms with E-state index in [1.807, 2.05) is 6.07 Å². The molecule has 0 amide bonds. The van der Waals surface area contributed by atoms with Gasteiger partial charge in [-0.05, 0) is 39.2 Å². The molecule has 22 heavy (non-hydrogen) atoms. The Morgan fingerprint density at radius 3 is 2.55 bits per heavy atom. The number of nitrogens with zero attached hydrogens (tertiary/aromatic N) is 1. The molecule has 0 aliphatic rings. The van der Waals surface area contributed by atoms with Crippen molar-refractivity contribution in [3.05, 3.63) is 35.9 Å². The molecule has 0 saturated heterocycles. The van der Waals surface area contributed by atoms with Crippen molar-refractivity contribution >= 4 is 29.9 Å². The zero-order valence-corrected chi connectivity index (χ0v) is 16.3. The van der Waals surface area contributed by atoms with Crippen LogP contribution >= 0.6 is 24.0 Å². The number of halogens is 1. The summed E-state index contributed by atoms with van der Waals surface area (Å²) in [6.07, 6.45) is 1.92. The lowest BCUT2D eigenvalue weighted by molar-refractivity contribution is 0.136. The maximum absolute atomic E-state index is 5.65. The molecule has 0 fully saturated rings. The van der Waals surface area contributed by atoms with Gasteiger partial charge in [0.25, 0.3) is 0 Å². The monoisotopic (exact) mass is 419 g/mol. The second-order valence-electron chi connectivity index (χ2n) is 5.26. The van der Waals surface area contributed by atoms with Crippen LogP contribution in [0.4, 0.5) is 0 Å². The summed E-state index contributed by atoms with van der Waals surface area (Å²) < 4.78 is 5.65. The predicted octanol–water partition coefficient (Wildman–Crippen LogP) is 3.22. The molecule has 4 nitrogen and oxygen atoms in total. The van der Waals surface area contributed by atoms with E-state index in [0.717, 1.165) is 45.1 Å². The minimum absolute atomic E-state index is 0. The quantitative estimate of drug-likeness (QED) is 0.280. The first-order valence-corrected chi connectivity index (χ1v) is 7.89. The van der Waals surface area contributed by atoms with Gasteiger partial charge in [-0.3, -0.25) is 4.99 Å². The van der Waals surface area contributed by atoms with Gasteiger partial charge >= 0.3 is 0 Å². The maximum Gasteiger partial charge on any atom is 0.191 e. The van der Waals surface area contributed by atoms with E-state index in [-0.39, 0.29) is 24.0 Å². The molecule has 0 bridgehead atoms. The Morgan fingerprint density at radius 1 is 1.18 bits per heavy atom. The third-order valence-corrected chi connectivity index (χ3v) is 2.86. The summed E-state index contributed by atoms with van der Waals surface area (Å²) in [5.41, 5.74) is 1.33. The van der Waals surface area contributed by atoms with Gasteiger partial charge in [-0.1, -0.05) is 30.3 Å². The predicted molar refractivity (Wildman–Crippen MR) is 105 cm³/mol. The van der Waals surface area contributed by atoms with Crippen molar-refractivity contribution in [3.63, 3.8) is 0 Å². The van der Waals surface area contributed by atoms with Gasteiger partial charge in [0.2, 0.25) is 0 Å². The largest absolute Gasteiger partial charge is 0.381 e. The molecule has 0 aliphatic heterocycles. The van der Waals surface area contributed by atoms with Crippen LogP contribution in [0.25, 0.3) is 0 Å². The lowest BCUT2D eigenvalue weighted by atomic mass is 10.2. The Morgan fingerprint density at radius 2 is 1.91 bits per heavy atom. The van der Waals surface area contributed by atoms with E-state index >= 15 is 0 Å². The molecule has 0 aromatic heterocycles. The lowest BCUT2D eigenvalue weighted by Crippen LogP contribution is -2.41. The summed E-state index contributed by atoms with van der Waals surface area (Å²) in [6.45, 7) is 9.50. The van der Waals surface area contributed by atoms with Crippen molar-refractivity contribution in [1.82, 2.24) is 10.6 Å². The van der Waals surface area contributed by atoms with Crippen molar-refractivity contribution in [1.29, 1.82) is 0 Å². The second-order valence-corrected chi connectivity index (χ2v) is 5.26. The molecule has 1 aromatic carbocycles. The van der Waals surface area contributed by atoms with E-state index in [1.54, 1.807) is 0 Å². The van der Waals surface area contributed by atoms with Gasteiger partial charge in [0, 0.05) is 25.7 Å². The molecule has 126 valence electrons. The average molecular weight is 419 g/mol. The molecule has 0 heterocycles. The first-order chi connectivity index (χ1) is 10.2. The van der Waals surface area contributed by atoms with Gasteiger partial charge in [0.05, 0.1) is 6.61 Å². The smallest absolute Gasteiger partial charge is 0.191 e. The first-order valence-electron chi connectivity index (χ1n) is 7.89. The van der Waals surface area contributed by atoms with E-state index in [4.69, 9.17) is 4.74 Å². The van der Waals surface area contributed by atoms with Crippen molar-refractivity contribution in [3.8, 4) is 0 Å². The summed E-state index contributed by atoms with van der Waals surface area (Å²) in [6, 6.07) is 10.8. The number of aliphatic imine (C=N–C) groups is 1. The Kier molecular flexibility index (Phi) is 13.3. The van der Waals surface area contributed by atoms with E-state index in [2.05, 4.69) is 60.7 Å². The molecular weight excluding hydrogens is 389 g/mol. The lowest BCUT2D eigenvalue weighted by Gasteiger charge is -2.13. The fraction of sp³-hybridized carbons (Fsp3) is 0.588. The van der Waals surface area contributed by atoms with Crippen molar-refractivity contribution < 1.29 is 4.74 Å². The van der Waals surface area contributed by atoms with E-state index < -0.39 is 0 Å². The highest BCUT2D eigenvalue weighted by Crippen LogP contribution is 1.99. The number of hydrogen-bond acceptors (Lipinski definition) is 2. The first kappa shape index (κ1) is 21.2. The molecule has 0 unspecified atom stereocenters. The minimum atomic E-state index is 0. The van der Waals surface area contributed by atoms with Crippen LogP contribution in [0.3, 0.4) is 0 Å². The van der Waals surface area contributed by atoms with Crippen LogP contribution in [0.5, 0.6) is 0 Å². The highest BCUT2D eigenvalue weighted by Gasteiger charge is 1.98. The molecular formula is C17H30IN3O. The van der Waals surface area contributed by atoms with Gasteiger partial charge in [0.15, 0.2) is 5.96 Å². The van der Waals surface area contributed by atoms with Crippen LogP contribution in [0.1, 0.15) is 32.8 Å². The van der Waals surface area contributed by atoms with Gasteiger partial charge in [-0.25, -0.2) is 0 Å². The topological polar surface area (TPSA) is 45.7 Å². The summed E-state index contributed by atoms with van der Waals surface area (Å²) in [4.78, 5) is 4.52. The van der Waals surface area contributed by atoms with Crippen molar-refractivity contribution in [2.45, 2.75) is 39.7 Å². The van der Waals surface area contributed by atoms with Crippen molar-refractivity contribution in [2.75, 3.05) is 26.3 Å². The number of guanidine groups is 1. The number of hydrogen-bond donors (Lipinski definition) is 2. The number of ether oxygens (including phenoxy) is 1. The normalized spacial score (nSPS) is 11.2. The highest BCUT2D eigenvalue weighted by atomic mass is 127. The fourth-order valence-corrected chi connectivity index (χ4v) is 1.89. The summed E-state index contributed by atoms with van der Waals surface area (Å²) in [5.74, 6) is 0.886. The molecule has 2 N–H and O–H groups in total. The average Bonchev–Trinajstić information content (AvgIpc) is 2.47. The van der Waals surface area contributed by atoms with E-state index in [1.165, 1.54) is 5.56 Å². The van der Waals surface area contributed by atoms with Gasteiger partial charge < -0.3 is 15.4 Å². The zero-order valence-electron chi connectivity index (χ0n) is 14.0. The molecule has 0 aliphatic carbocycles. The molecule has 1 rings (SSSR count). The van der Waals surface area contributed by atoms with Crippen LogP contribution in [-0.4, -0.2) is 38.3 Å².